The molecule has 1 N–H and O–H groups in total. The van der Waals surface area contributed by atoms with Crippen LogP contribution in [0.2, 0.25) is 0 Å². The normalized spacial score (nSPS) is 10.2. The van der Waals surface area contributed by atoms with E-state index in [1.54, 1.807) is 37.5 Å². The zero-order chi connectivity index (χ0) is 13.8. The van der Waals surface area contributed by atoms with Gasteiger partial charge in [-0.1, -0.05) is 6.07 Å². The first-order valence-corrected chi connectivity index (χ1v) is 5.94. The van der Waals surface area contributed by atoms with Crippen LogP contribution in [0, 0.1) is 13.8 Å². The molecule has 19 heavy (non-hydrogen) atoms. The van der Waals surface area contributed by atoms with Crippen LogP contribution in [0.25, 0.3) is 0 Å². The fraction of sp³-hybridized carbons (Fsp3) is 0.200. The van der Waals surface area contributed by atoms with Crippen LogP contribution in [0.1, 0.15) is 27.0 Å². The quantitative estimate of drug-likeness (QED) is 0.914. The third-order valence-electron chi connectivity index (χ3n) is 2.84. The number of ether oxygens (including phenoxy) is 1. The summed E-state index contributed by atoms with van der Waals surface area (Å²) in [6.07, 6.45) is 3.52. The Morgan fingerprint density at radius 1 is 1.32 bits per heavy atom. The number of benzene rings is 1. The first kappa shape index (κ1) is 13.1. The number of carboxylic acids is 1. The van der Waals surface area contributed by atoms with Gasteiger partial charge in [0.2, 0.25) is 0 Å². The highest BCUT2D eigenvalue weighted by atomic mass is 16.5. The number of aryl methyl sites for hydroxylation is 1. The van der Waals surface area contributed by atoms with E-state index in [1.807, 2.05) is 13.0 Å². The summed E-state index contributed by atoms with van der Waals surface area (Å²) in [4.78, 5) is 15.1. The average Bonchev–Trinajstić information content (AvgIpc) is 2.37. The van der Waals surface area contributed by atoms with Gasteiger partial charge in [0, 0.05) is 23.5 Å². The van der Waals surface area contributed by atoms with Crippen LogP contribution < -0.4 is 4.74 Å². The van der Waals surface area contributed by atoms with Crippen LogP contribution in [0.5, 0.6) is 5.75 Å². The molecule has 0 aliphatic rings. The molecule has 0 saturated heterocycles. The molecule has 0 spiro atoms. The molecule has 4 heteroatoms. The minimum Gasteiger partial charge on any atom is -0.489 e. The number of rotatable bonds is 4. The van der Waals surface area contributed by atoms with Crippen LogP contribution in [-0.4, -0.2) is 16.1 Å². The first-order valence-electron chi connectivity index (χ1n) is 5.94. The lowest BCUT2D eigenvalue weighted by molar-refractivity contribution is 0.0695. The van der Waals surface area contributed by atoms with Gasteiger partial charge in [-0.05, 0) is 37.6 Å². The molecule has 0 unspecified atom stereocenters. The van der Waals surface area contributed by atoms with E-state index >= 15 is 0 Å². The molecule has 0 radical (unpaired) electrons. The third-order valence-corrected chi connectivity index (χ3v) is 2.84. The number of nitrogens with zero attached hydrogens (tertiary/aromatic N) is 1. The smallest absolute Gasteiger partial charge is 0.336 e. The molecule has 0 saturated carbocycles. The van der Waals surface area contributed by atoms with Gasteiger partial charge in [-0.15, -0.1) is 0 Å². The minimum absolute atomic E-state index is 0.264. The number of carbonyl (C=O) groups is 1. The molecule has 2 aromatic rings. The fourth-order valence-corrected chi connectivity index (χ4v) is 1.86. The summed E-state index contributed by atoms with van der Waals surface area (Å²) in [5, 5.41) is 9.05. The number of aromatic nitrogens is 1. The molecule has 0 aliphatic heterocycles. The first-order chi connectivity index (χ1) is 9.08. The van der Waals surface area contributed by atoms with Gasteiger partial charge < -0.3 is 9.84 Å². The van der Waals surface area contributed by atoms with Gasteiger partial charge in [0.25, 0.3) is 0 Å². The van der Waals surface area contributed by atoms with Crippen LogP contribution >= 0.6 is 0 Å². The van der Waals surface area contributed by atoms with Crippen LogP contribution in [0.4, 0.5) is 0 Å². The Morgan fingerprint density at radius 3 is 2.79 bits per heavy atom. The Hall–Kier alpha value is -2.36. The van der Waals surface area contributed by atoms with Crippen molar-refractivity contribution in [3.8, 4) is 5.75 Å². The summed E-state index contributed by atoms with van der Waals surface area (Å²) < 4.78 is 5.67. The Balaban J connectivity index is 2.16. The molecule has 0 atom stereocenters. The van der Waals surface area contributed by atoms with E-state index in [0.29, 0.717) is 17.9 Å². The Morgan fingerprint density at radius 2 is 2.11 bits per heavy atom. The van der Waals surface area contributed by atoms with Crippen molar-refractivity contribution in [2.45, 2.75) is 20.5 Å². The second kappa shape index (κ2) is 5.52. The molecule has 2 rings (SSSR count). The van der Waals surface area contributed by atoms with E-state index in [0.717, 1.165) is 11.1 Å². The molecule has 0 fully saturated rings. The van der Waals surface area contributed by atoms with E-state index in [4.69, 9.17) is 9.84 Å². The monoisotopic (exact) mass is 257 g/mol. The molecule has 0 aliphatic carbocycles. The van der Waals surface area contributed by atoms with Gasteiger partial charge in [0.15, 0.2) is 0 Å². The van der Waals surface area contributed by atoms with E-state index in [2.05, 4.69) is 4.98 Å². The molecule has 0 amide bonds. The lowest BCUT2D eigenvalue weighted by Crippen LogP contribution is -2.03. The Kier molecular flexibility index (Phi) is 3.80. The topological polar surface area (TPSA) is 59.4 Å². The van der Waals surface area contributed by atoms with Crippen molar-refractivity contribution in [3.63, 3.8) is 0 Å². The van der Waals surface area contributed by atoms with Crippen molar-refractivity contribution in [1.82, 2.24) is 4.98 Å². The number of hydrogen-bond donors (Lipinski definition) is 1. The van der Waals surface area contributed by atoms with E-state index in [-0.39, 0.29) is 5.56 Å². The van der Waals surface area contributed by atoms with Crippen molar-refractivity contribution >= 4 is 5.97 Å². The zero-order valence-electron chi connectivity index (χ0n) is 10.9. The number of hydrogen-bond acceptors (Lipinski definition) is 3. The number of pyridine rings is 1. The second-order valence-electron chi connectivity index (χ2n) is 4.39. The highest BCUT2D eigenvalue weighted by Gasteiger charge is 2.10. The van der Waals surface area contributed by atoms with Crippen molar-refractivity contribution in [2.24, 2.45) is 0 Å². The number of carboxylic acid groups (broad SMARTS) is 1. The van der Waals surface area contributed by atoms with E-state index in [9.17, 15) is 4.79 Å². The summed E-state index contributed by atoms with van der Waals surface area (Å²) in [5.74, 6) is -0.360. The predicted molar refractivity (Wildman–Crippen MR) is 71.4 cm³/mol. The highest BCUT2D eigenvalue weighted by molar-refractivity contribution is 5.90. The largest absolute Gasteiger partial charge is 0.489 e. The predicted octanol–water partition coefficient (Wildman–Crippen LogP) is 2.98. The molecule has 0 bridgehead atoms. The summed E-state index contributed by atoms with van der Waals surface area (Å²) in [7, 11) is 0. The van der Waals surface area contributed by atoms with Gasteiger partial charge in [0.05, 0.1) is 5.56 Å². The molecule has 1 aromatic carbocycles. The maximum absolute atomic E-state index is 11.0. The van der Waals surface area contributed by atoms with Crippen LogP contribution in [0.3, 0.4) is 0 Å². The van der Waals surface area contributed by atoms with Crippen molar-refractivity contribution in [3.05, 3.63) is 58.9 Å². The molecule has 1 aromatic heterocycles. The lowest BCUT2D eigenvalue weighted by Gasteiger charge is -2.11. The van der Waals surface area contributed by atoms with Gasteiger partial charge in [-0.2, -0.15) is 0 Å². The second-order valence-corrected chi connectivity index (χ2v) is 4.39. The van der Waals surface area contributed by atoms with E-state index in [1.165, 1.54) is 0 Å². The van der Waals surface area contributed by atoms with Gasteiger partial charge in [-0.3, -0.25) is 4.98 Å². The standard InChI is InChI=1S/C15H15NO3/c1-10-6-12(8-16-7-10)9-19-14-5-3-4-13(11(14)2)15(17)18/h3-8H,9H2,1-2H3,(H,17,18). The summed E-state index contributed by atoms with van der Waals surface area (Å²) in [6.45, 7) is 4.08. The summed E-state index contributed by atoms with van der Waals surface area (Å²) in [5.41, 5.74) is 2.92. The maximum Gasteiger partial charge on any atom is 0.336 e. The fourth-order valence-electron chi connectivity index (χ4n) is 1.86. The average molecular weight is 257 g/mol. The van der Waals surface area contributed by atoms with Crippen LogP contribution in [0.15, 0.2) is 36.7 Å². The molecular weight excluding hydrogens is 242 g/mol. The van der Waals surface area contributed by atoms with Crippen molar-refractivity contribution in [1.29, 1.82) is 0 Å². The third kappa shape index (κ3) is 3.10. The van der Waals surface area contributed by atoms with E-state index < -0.39 is 5.97 Å². The lowest BCUT2D eigenvalue weighted by atomic mass is 10.1. The zero-order valence-corrected chi connectivity index (χ0v) is 10.9. The Bertz CT molecular complexity index is 608. The molecule has 98 valence electrons. The molecular formula is C15H15NO3. The summed E-state index contributed by atoms with van der Waals surface area (Å²) >= 11 is 0. The van der Waals surface area contributed by atoms with Crippen molar-refractivity contribution in [2.75, 3.05) is 0 Å². The van der Waals surface area contributed by atoms with Crippen molar-refractivity contribution < 1.29 is 14.6 Å². The summed E-state index contributed by atoms with van der Waals surface area (Å²) in [6, 6.07) is 7.01. The van der Waals surface area contributed by atoms with Gasteiger partial charge in [-0.25, -0.2) is 4.79 Å². The SMILES string of the molecule is Cc1cncc(COc2cccc(C(=O)O)c2C)c1. The van der Waals surface area contributed by atoms with Gasteiger partial charge >= 0.3 is 5.97 Å². The van der Waals surface area contributed by atoms with Crippen LogP contribution in [-0.2, 0) is 6.61 Å². The maximum atomic E-state index is 11.0. The Labute approximate surface area is 111 Å². The minimum atomic E-state index is -0.944. The number of aromatic carboxylic acids is 1. The molecule has 1 heterocycles. The van der Waals surface area contributed by atoms with Gasteiger partial charge in [0.1, 0.15) is 12.4 Å². The molecule has 4 nitrogen and oxygen atoms in total. The highest BCUT2D eigenvalue weighted by Crippen LogP contribution is 2.22.